The molecule has 0 atom stereocenters. The SMILES string of the molecule is O=C(Nc1nn[nH]n1)c1ccc2ccccc2n1. The molecule has 2 heterocycles. The van der Waals surface area contributed by atoms with Gasteiger partial charge in [0.1, 0.15) is 5.69 Å². The smallest absolute Gasteiger partial charge is 0.276 e. The summed E-state index contributed by atoms with van der Waals surface area (Å²) in [6, 6.07) is 11.1. The number of hydrogen-bond acceptors (Lipinski definition) is 5. The van der Waals surface area contributed by atoms with Crippen LogP contribution >= 0.6 is 0 Å². The Morgan fingerprint density at radius 2 is 2.06 bits per heavy atom. The van der Waals surface area contributed by atoms with E-state index < -0.39 is 0 Å². The highest BCUT2D eigenvalue weighted by Crippen LogP contribution is 2.12. The van der Waals surface area contributed by atoms with E-state index in [1.54, 1.807) is 6.07 Å². The number of anilines is 1. The van der Waals surface area contributed by atoms with Crippen LogP contribution in [0.25, 0.3) is 10.9 Å². The van der Waals surface area contributed by atoms with Gasteiger partial charge in [0.25, 0.3) is 11.9 Å². The summed E-state index contributed by atoms with van der Waals surface area (Å²) < 4.78 is 0. The molecule has 1 amide bonds. The highest BCUT2D eigenvalue weighted by Gasteiger charge is 2.10. The fraction of sp³-hybridized carbons (Fsp3) is 0. The largest absolute Gasteiger partial charge is 0.286 e. The minimum atomic E-state index is -0.373. The number of rotatable bonds is 2. The molecular weight excluding hydrogens is 232 g/mol. The highest BCUT2D eigenvalue weighted by atomic mass is 16.2. The third-order valence-electron chi connectivity index (χ3n) is 2.40. The van der Waals surface area contributed by atoms with Crippen LogP contribution < -0.4 is 5.32 Å². The molecule has 88 valence electrons. The molecule has 0 aliphatic rings. The maximum atomic E-state index is 11.9. The van der Waals surface area contributed by atoms with Gasteiger partial charge < -0.3 is 0 Å². The predicted octanol–water partition coefficient (Wildman–Crippen LogP) is 1.00. The van der Waals surface area contributed by atoms with Crippen molar-refractivity contribution >= 4 is 22.8 Å². The average Bonchev–Trinajstić information content (AvgIpc) is 2.91. The van der Waals surface area contributed by atoms with Crippen molar-refractivity contribution in [3.05, 3.63) is 42.1 Å². The van der Waals surface area contributed by atoms with Gasteiger partial charge in [-0.2, -0.15) is 5.21 Å². The van der Waals surface area contributed by atoms with Gasteiger partial charge in [0.2, 0.25) is 0 Å². The van der Waals surface area contributed by atoms with E-state index in [2.05, 4.69) is 30.9 Å². The van der Waals surface area contributed by atoms with E-state index in [4.69, 9.17) is 0 Å². The summed E-state index contributed by atoms with van der Waals surface area (Å²) in [7, 11) is 0. The number of carbonyl (C=O) groups is 1. The van der Waals surface area contributed by atoms with Crippen LogP contribution in [0, 0.1) is 0 Å². The van der Waals surface area contributed by atoms with Crippen molar-refractivity contribution in [3.8, 4) is 0 Å². The lowest BCUT2D eigenvalue weighted by atomic mass is 10.2. The van der Waals surface area contributed by atoms with Crippen LogP contribution in [0.2, 0.25) is 0 Å². The van der Waals surface area contributed by atoms with Crippen molar-refractivity contribution in [2.45, 2.75) is 0 Å². The molecule has 0 aliphatic carbocycles. The number of aromatic nitrogens is 5. The van der Waals surface area contributed by atoms with Gasteiger partial charge in [0.15, 0.2) is 0 Å². The van der Waals surface area contributed by atoms with Crippen molar-refractivity contribution < 1.29 is 4.79 Å². The number of amides is 1. The summed E-state index contributed by atoms with van der Waals surface area (Å²) in [5, 5.41) is 16.3. The van der Waals surface area contributed by atoms with E-state index in [1.165, 1.54) is 0 Å². The third kappa shape index (κ3) is 1.88. The van der Waals surface area contributed by atoms with Gasteiger partial charge >= 0.3 is 0 Å². The van der Waals surface area contributed by atoms with E-state index in [9.17, 15) is 4.79 Å². The Morgan fingerprint density at radius 3 is 2.89 bits per heavy atom. The summed E-state index contributed by atoms with van der Waals surface area (Å²) in [5.41, 5.74) is 1.07. The monoisotopic (exact) mass is 240 g/mol. The standard InChI is InChI=1S/C11H8N6O/c18-10(13-11-14-16-17-15-11)9-6-5-7-3-1-2-4-8(7)12-9/h1-6H,(H2,13,14,15,16,17,18). The zero-order chi connectivity index (χ0) is 12.4. The number of benzene rings is 1. The van der Waals surface area contributed by atoms with Gasteiger partial charge in [-0.05, 0) is 17.3 Å². The first kappa shape index (κ1) is 10.3. The van der Waals surface area contributed by atoms with Crippen molar-refractivity contribution in [2.75, 3.05) is 5.32 Å². The number of para-hydroxylation sites is 1. The lowest BCUT2D eigenvalue weighted by Crippen LogP contribution is -2.14. The number of aromatic amines is 1. The van der Waals surface area contributed by atoms with Crippen LogP contribution in [0.5, 0.6) is 0 Å². The minimum Gasteiger partial charge on any atom is -0.286 e. The van der Waals surface area contributed by atoms with Crippen molar-refractivity contribution in [2.24, 2.45) is 0 Å². The average molecular weight is 240 g/mol. The third-order valence-corrected chi connectivity index (χ3v) is 2.40. The zero-order valence-corrected chi connectivity index (χ0v) is 9.16. The lowest BCUT2D eigenvalue weighted by molar-refractivity contribution is 0.102. The van der Waals surface area contributed by atoms with E-state index in [0.29, 0.717) is 5.69 Å². The minimum absolute atomic E-state index is 0.120. The Morgan fingerprint density at radius 1 is 1.17 bits per heavy atom. The zero-order valence-electron chi connectivity index (χ0n) is 9.16. The summed E-state index contributed by atoms with van der Waals surface area (Å²) in [6.45, 7) is 0. The molecule has 0 radical (unpaired) electrons. The Balaban J connectivity index is 1.92. The first-order valence-corrected chi connectivity index (χ1v) is 5.23. The van der Waals surface area contributed by atoms with E-state index in [-0.39, 0.29) is 11.9 Å². The number of H-pyrrole nitrogens is 1. The maximum Gasteiger partial charge on any atom is 0.276 e. The summed E-state index contributed by atoms with van der Waals surface area (Å²) in [4.78, 5) is 16.1. The normalized spacial score (nSPS) is 10.4. The fourth-order valence-electron chi connectivity index (χ4n) is 1.57. The molecule has 2 aromatic heterocycles. The lowest BCUT2D eigenvalue weighted by Gasteiger charge is -2.01. The van der Waals surface area contributed by atoms with Crippen molar-refractivity contribution in [3.63, 3.8) is 0 Å². The number of fused-ring (bicyclic) bond motifs is 1. The van der Waals surface area contributed by atoms with Gasteiger partial charge in [-0.25, -0.2) is 4.98 Å². The Bertz CT molecular complexity index is 694. The number of hydrogen-bond donors (Lipinski definition) is 2. The molecule has 2 N–H and O–H groups in total. The molecule has 0 saturated carbocycles. The number of pyridine rings is 1. The molecule has 0 unspecified atom stereocenters. The second-order valence-corrected chi connectivity index (χ2v) is 3.58. The van der Waals surface area contributed by atoms with Gasteiger partial charge in [0.05, 0.1) is 5.52 Å². The maximum absolute atomic E-state index is 11.9. The molecule has 7 nitrogen and oxygen atoms in total. The highest BCUT2D eigenvalue weighted by molar-refractivity contribution is 6.03. The summed E-state index contributed by atoms with van der Waals surface area (Å²) in [6.07, 6.45) is 0. The first-order valence-electron chi connectivity index (χ1n) is 5.23. The summed E-state index contributed by atoms with van der Waals surface area (Å²) in [5.74, 6) is -0.253. The molecule has 0 saturated heterocycles. The molecule has 0 aliphatic heterocycles. The number of tetrazole rings is 1. The second-order valence-electron chi connectivity index (χ2n) is 3.58. The van der Waals surface area contributed by atoms with Crippen LogP contribution in [0.15, 0.2) is 36.4 Å². The Kier molecular flexibility index (Phi) is 2.41. The van der Waals surface area contributed by atoms with Crippen LogP contribution in [-0.4, -0.2) is 31.5 Å². The summed E-state index contributed by atoms with van der Waals surface area (Å²) >= 11 is 0. The van der Waals surface area contributed by atoms with Gasteiger partial charge in [-0.3, -0.25) is 10.1 Å². The van der Waals surface area contributed by atoms with Gasteiger partial charge in [-0.15, -0.1) is 5.10 Å². The van der Waals surface area contributed by atoms with Gasteiger partial charge in [-0.1, -0.05) is 29.4 Å². The molecule has 7 heteroatoms. The van der Waals surface area contributed by atoms with Crippen LogP contribution in [0.1, 0.15) is 10.5 Å². The quantitative estimate of drug-likeness (QED) is 0.696. The fourth-order valence-corrected chi connectivity index (χ4v) is 1.57. The molecule has 0 spiro atoms. The molecular formula is C11H8N6O. The van der Waals surface area contributed by atoms with Crippen molar-refractivity contribution in [1.29, 1.82) is 0 Å². The molecule has 3 aromatic rings. The van der Waals surface area contributed by atoms with E-state index in [1.807, 2.05) is 30.3 Å². The Hall–Kier alpha value is -2.83. The van der Waals surface area contributed by atoms with Gasteiger partial charge in [0, 0.05) is 5.39 Å². The molecule has 0 fully saturated rings. The van der Waals surface area contributed by atoms with Crippen LogP contribution in [-0.2, 0) is 0 Å². The predicted molar refractivity (Wildman–Crippen MR) is 63.9 cm³/mol. The van der Waals surface area contributed by atoms with Crippen LogP contribution in [0.3, 0.4) is 0 Å². The second kappa shape index (κ2) is 4.21. The number of nitrogens with zero attached hydrogens (tertiary/aromatic N) is 4. The first-order chi connectivity index (χ1) is 8.83. The van der Waals surface area contributed by atoms with Crippen molar-refractivity contribution in [1.82, 2.24) is 25.6 Å². The Labute approximate surface area is 101 Å². The number of nitrogens with one attached hydrogen (secondary N) is 2. The van der Waals surface area contributed by atoms with E-state index in [0.717, 1.165) is 10.9 Å². The topological polar surface area (TPSA) is 96.5 Å². The molecule has 3 rings (SSSR count). The number of carbonyl (C=O) groups excluding carboxylic acids is 1. The van der Waals surface area contributed by atoms with Crippen LogP contribution in [0.4, 0.5) is 5.95 Å². The van der Waals surface area contributed by atoms with E-state index >= 15 is 0 Å². The molecule has 1 aromatic carbocycles. The molecule has 0 bridgehead atoms. The molecule has 18 heavy (non-hydrogen) atoms.